The first kappa shape index (κ1) is 14.4. The molecule has 1 aromatic rings. The number of hydrogen-bond acceptors (Lipinski definition) is 3. The van der Waals surface area contributed by atoms with Crippen molar-refractivity contribution in [1.29, 1.82) is 0 Å². The van der Waals surface area contributed by atoms with Gasteiger partial charge in [0.05, 0.1) is 5.56 Å². The molecule has 0 saturated heterocycles. The van der Waals surface area contributed by atoms with Crippen LogP contribution in [0, 0.1) is 12.8 Å². The Labute approximate surface area is 117 Å². The summed E-state index contributed by atoms with van der Waals surface area (Å²) in [7, 11) is 0. The number of hydrogen-bond donors (Lipinski definition) is 2. The summed E-state index contributed by atoms with van der Waals surface area (Å²) >= 11 is 0. The van der Waals surface area contributed by atoms with Crippen LogP contribution in [-0.2, 0) is 4.79 Å². The van der Waals surface area contributed by atoms with Gasteiger partial charge in [0, 0.05) is 6.04 Å². The van der Waals surface area contributed by atoms with E-state index in [1.165, 1.54) is 25.0 Å². The van der Waals surface area contributed by atoms with Gasteiger partial charge in [-0.05, 0) is 50.3 Å². The first-order valence-corrected chi connectivity index (χ1v) is 6.73. The largest absolute Gasteiger partial charge is 0.483 e. The molecule has 1 saturated carbocycles. The van der Waals surface area contributed by atoms with E-state index in [4.69, 9.17) is 9.84 Å². The normalized spacial score (nSPS) is 15.5. The van der Waals surface area contributed by atoms with Gasteiger partial charge in [-0.1, -0.05) is 6.07 Å². The Hall–Kier alpha value is -2.04. The fourth-order valence-corrected chi connectivity index (χ4v) is 2.04. The highest BCUT2D eigenvalue weighted by Gasteiger charge is 2.28. The van der Waals surface area contributed by atoms with Crippen molar-refractivity contribution in [3.8, 4) is 5.75 Å². The quantitative estimate of drug-likeness (QED) is 0.833. The highest BCUT2D eigenvalue weighted by atomic mass is 16.5. The van der Waals surface area contributed by atoms with Gasteiger partial charge in [-0.2, -0.15) is 0 Å². The number of carbonyl (C=O) groups excluding carboxylic acids is 1. The number of aryl methyl sites for hydroxylation is 1. The number of amides is 1. The molecule has 0 unspecified atom stereocenters. The van der Waals surface area contributed by atoms with Crippen LogP contribution in [0.2, 0.25) is 0 Å². The third-order valence-corrected chi connectivity index (χ3v) is 3.51. The molecule has 108 valence electrons. The van der Waals surface area contributed by atoms with Crippen LogP contribution in [0.1, 0.15) is 35.7 Å². The van der Waals surface area contributed by atoms with Crippen molar-refractivity contribution >= 4 is 11.9 Å². The molecule has 5 heteroatoms. The van der Waals surface area contributed by atoms with E-state index in [1.807, 2.05) is 13.8 Å². The molecule has 0 spiro atoms. The monoisotopic (exact) mass is 277 g/mol. The summed E-state index contributed by atoms with van der Waals surface area (Å²) < 4.78 is 5.42. The molecule has 20 heavy (non-hydrogen) atoms. The average molecular weight is 277 g/mol. The topological polar surface area (TPSA) is 75.6 Å². The second kappa shape index (κ2) is 5.94. The summed E-state index contributed by atoms with van der Waals surface area (Å²) in [5.41, 5.74) is 0.954. The van der Waals surface area contributed by atoms with Crippen molar-refractivity contribution in [2.75, 3.05) is 6.61 Å². The minimum atomic E-state index is -1.01. The molecule has 1 atom stereocenters. The number of nitrogens with one attached hydrogen (secondary N) is 1. The first-order chi connectivity index (χ1) is 9.47. The van der Waals surface area contributed by atoms with Crippen LogP contribution in [0.15, 0.2) is 18.2 Å². The number of aromatic carboxylic acids is 1. The molecule has 1 aliphatic carbocycles. The third kappa shape index (κ3) is 3.73. The van der Waals surface area contributed by atoms with E-state index < -0.39 is 5.97 Å². The summed E-state index contributed by atoms with van der Waals surface area (Å²) in [6, 6.07) is 4.80. The molecule has 1 fully saturated rings. The highest BCUT2D eigenvalue weighted by molar-refractivity contribution is 5.88. The fourth-order valence-electron chi connectivity index (χ4n) is 2.04. The highest BCUT2D eigenvalue weighted by Crippen LogP contribution is 2.32. The molecule has 0 aliphatic heterocycles. The lowest BCUT2D eigenvalue weighted by molar-refractivity contribution is -0.123. The van der Waals surface area contributed by atoms with Crippen LogP contribution >= 0.6 is 0 Å². The third-order valence-electron chi connectivity index (χ3n) is 3.51. The molecule has 2 N–H and O–H groups in total. The molecular weight excluding hydrogens is 258 g/mol. The van der Waals surface area contributed by atoms with Gasteiger partial charge in [0.15, 0.2) is 6.61 Å². The van der Waals surface area contributed by atoms with Gasteiger partial charge in [-0.3, -0.25) is 4.79 Å². The van der Waals surface area contributed by atoms with Crippen LogP contribution in [0.5, 0.6) is 5.75 Å². The summed E-state index contributed by atoms with van der Waals surface area (Å²) in [4.78, 5) is 22.6. The minimum Gasteiger partial charge on any atom is -0.483 e. The molecule has 1 aromatic carbocycles. The number of carbonyl (C=O) groups is 2. The van der Waals surface area contributed by atoms with Gasteiger partial charge in [0.25, 0.3) is 5.91 Å². The number of carboxylic acids is 1. The lowest BCUT2D eigenvalue weighted by atomic mass is 10.1. The zero-order chi connectivity index (χ0) is 14.7. The Kier molecular flexibility index (Phi) is 4.27. The van der Waals surface area contributed by atoms with Gasteiger partial charge in [0.1, 0.15) is 5.75 Å². The zero-order valence-electron chi connectivity index (χ0n) is 11.7. The van der Waals surface area contributed by atoms with Crippen molar-refractivity contribution in [2.45, 2.75) is 32.7 Å². The van der Waals surface area contributed by atoms with Crippen LogP contribution < -0.4 is 10.1 Å². The molecule has 1 aliphatic rings. The van der Waals surface area contributed by atoms with E-state index in [1.54, 1.807) is 6.07 Å². The van der Waals surface area contributed by atoms with Crippen molar-refractivity contribution < 1.29 is 19.4 Å². The van der Waals surface area contributed by atoms with Gasteiger partial charge in [-0.25, -0.2) is 4.79 Å². The predicted octanol–water partition coefficient (Wildman–Crippen LogP) is 1.99. The number of rotatable bonds is 6. The number of carboxylic acid groups (broad SMARTS) is 1. The first-order valence-electron chi connectivity index (χ1n) is 6.73. The summed E-state index contributed by atoms with van der Waals surface area (Å²) in [5, 5.41) is 11.8. The fraction of sp³-hybridized carbons (Fsp3) is 0.467. The van der Waals surface area contributed by atoms with Crippen molar-refractivity contribution in [3.05, 3.63) is 29.3 Å². The Bertz CT molecular complexity index is 523. The van der Waals surface area contributed by atoms with Gasteiger partial charge < -0.3 is 15.2 Å². The minimum absolute atomic E-state index is 0.0963. The van der Waals surface area contributed by atoms with Gasteiger partial charge >= 0.3 is 5.97 Å². The molecule has 2 rings (SSSR count). The van der Waals surface area contributed by atoms with Crippen LogP contribution in [-0.4, -0.2) is 29.6 Å². The second-order valence-corrected chi connectivity index (χ2v) is 5.27. The molecule has 0 aromatic heterocycles. The second-order valence-electron chi connectivity index (χ2n) is 5.27. The molecule has 0 bridgehead atoms. The predicted molar refractivity (Wildman–Crippen MR) is 74.0 cm³/mol. The smallest absolute Gasteiger partial charge is 0.335 e. The maximum atomic E-state index is 11.7. The maximum absolute atomic E-state index is 11.7. The standard InChI is InChI=1S/C15H19NO4/c1-9-3-4-12(15(18)19)7-13(9)20-8-14(17)16-10(2)11-5-6-11/h3-4,7,10-11H,5-6,8H2,1-2H3,(H,16,17)(H,18,19)/t10-/m0/s1. The lowest BCUT2D eigenvalue weighted by Crippen LogP contribution is -2.37. The Morgan fingerprint density at radius 3 is 2.75 bits per heavy atom. The maximum Gasteiger partial charge on any atom is 0.335 e. The van der Waals surface area contributed by atoms with Crippen LogP contribution in [0.4, 0.5) is 0 Å². The Morgan fingerprint density at radius 1 is 1.45 bits per heavy atom. The summed E-state index contributed by atoms with van der Waals surface area (Å²) in [6.45, 7) is 3.71. The Morgan fingerprint density at radius 2 is 2.15 bits per heavy atom. The van der Waals surface area contributed by atoms with E-state index in [9.17, 15) is 9.59 Å². The van der Waals surface area contributed by atoms with E-state index >= 15 is 0 Å². The molecule has 0 heterocycles. The SMILES string of the molecule is Cc1ccc(C(=O)O)cc1OCC(=O)N[C@@H](C)C1CC1. The van der Waals surface area contributed by atoms with Gasteiger partial charge in [0.2, 0.25) is 0 Å². The zero-order valence-corrected chi connectivity index (χ0v) is 11.7. The van der Waals surface area contributed by atoms with Gasteiger partial charge in [-0.15, -0.1) is 0 Å². The van der Waals surface area contributed by atoms with Crippen molar-refractivity contribution in [1.82, 2.24) is 5.32 Å². The van der Waals surface area contributed by atoms with Crippen LogP contribution in [0.25, 0.3) is 0 Å². The molecule has 0 radical (unpaired) electrons. The summed E-state index contributed by atoms with van der Waals surface area (Å²) in [5.74, 6) is -0.165. The van der Waals surface area contributed by atoms with E-state index in [0.29, 0.717) is 11.7 Å². The van der Waals surface area contributed by atoms with Crippen molar-refractivity contribution in [3.63, 3.8) is 0 Å². The average Bonchev–Trinajstić information content (AvgIpc) is 3.21. The Balaban J connectivity index is 1.90. The summed E-state index contributed by atoms with van der Waals surface area (Å²) in [6.07, 6.45) is 2.34. The van der Waals surface area contributed by atoms with Crippen molar-refractivity contribution in [2.24, 2.45) is 5.92 Å². The molecule has 1 amide bonds. The molecule has 5 nitrogen and oxygen atoms in total. The molecular formula is C15H19NO4. The van der Waals surface area contributed by atoms with E-state index in [0.717, 1.165) is 5.56 Å². The number of benzene rings is 1. The van der Waals surface area contributed by atoms with Crippen LogP contribution in [0.3, 0.4) is 0 Å². The van der Waals surface area contributed by atoms with E-state index in [2.05, 4.69) is 5.32 Å². The van der Waals surface area contributed by atoms with E-state index in [-0.39, 0.29) is 24.1 Å². The lowest BCUT2D eigenvalue weighted by Gasteiger charge is -2.14. The number of ether oxygens (including phenoxy) is 1.